The fraction of sp³-hybridized carbons (Fsp3) is 0.778. The standard InChI is InChI=1S/C9H16N4/c1-2-8-9(10)11-12-13(8)6-5-7-3-4-7/h7H,2-6,10H2,1H3. The lowest BCUT2D eigenvalue weighted by Crippen LogP contribution is -2.06. The van der Waals surface area contributed by atoms with E-state index in [2.05, 4.69) is 17.2 Å². The van der Waals surface area contributed by atoms with Gasteiger partial charge in [-0.2, -0.15) is 0 Å². The summed E-state index contributed by atoms with van der Waals surface area (Å²) in [6.07, 6.45) is 4.94. The molecule has 0 unspecified atom stereocenters. The fourth-order valence-electron chi connectivity index (χ4n) is 1.60. The van der Waals surface area contributed by atoms with E-state index in [0.29, 0.717) is 5.82 Å². The summed E-state index contributed by atoms with van der Waals surface area (Å²) >= 11 is 0. The lowest BCUT2D eigenvalue weighted by atomic mass is 10.3. The van der Waals surface area contributed by atoms with Crippen molar-refractivity contribution in [1.29, 1.82) is 0 Å². The molecule has 0 aromatic carbocycles. The third-order valence-electron chi connectivity index (χ3n) is 2.65. The van der Waals surface area contributed by atoms with Gasteiger partial charge in [-0.3, -0.25) is 0 Å². The van der Waals surface area contributed by atoms with Crippen LogP contribution in [0, 0.1) is 5.92 Å². The normalized spacial score (nSPS) is 16.4. The van der Waals surface area contributed by atoms with Gasteiger partial charge in [0.05, 0.1) is 5.69 Å². The number of nitrogens with two attached hydrogens (primary N) is 1. The first kappa shape index (κ1) is 8.53. The monoisotopic (exact) mass is 180 g/mol. The molecule has 4 heteroatoms. The summed E-state index contributed by atoms with van der Waals surface area (Å²) in [5.41, 5.74) is 6.76. The maximum absolute atomic E-state index is 5.68. The van der Waals surface area contributed by atoms with Crippen LogP contribution in [0.1, 0.15) is 31.9 Å². The maximum Gasteiger partial charge on any atom is 0.169 e. The number of aryl methyl sites for hydroxylation is 1. The van der Waals surface area contributed by atoms with Crippen molar-refractivity contribution in [2.45, 2.75) is 39.2 Å². The van der Waals surface area contributed by atoms with E-state index in [0.717, 1.165) is 24.6 Å². The van der Waals surface area contributed by atoms with E-state index in [-0.39, 0.29) is 0 Å². The van der Waals surface area contributed by atoms with Gasteiger partial charge in [0, 0.05) is 6.54 Å². The zero-order chi connectivity index (χ0) is 9.26. The summed E-state index contributed by atoms with van der Waals surface area (Å²) < 4.78 is 1.95. The van der Waals surface area contributed by atoms with Crippen LogP contribution in [0.4, 0.5) is 5.82 Å². The van der Waals surface area contributed by atoms with Crippen molar-refractivity contribution in [3.8, 4) is 0 Å². The van der Waals surface area contributed by atoms with Crippen molar-refractivity contribution in [3.63, 3.8) is 0 Å². The molecule has 0 atom stereocenters. The number of hydrogen-bond acceptors (Lipinski definition) is 3. The maximum atomic E-state index is 5.68. The average molecular weight is 180 g/mol. The Morgan fingerprint density at radius 1 is 1.54 bits per heavy atom. The van der Waals surface area contributed by atoms with Gasteiger partial charge in [-0.1, -0.05) is 25.0 Å². The minimum absolute atomic E-state index is 0.596. The first-order valence-electron chi connectivity index (χ1n) is 4.99. The number of hydrogen-bond donors (Lipinski definition) is 1. The van der Waals surface area contributed by atoms with E-state index < -0.39 is 0 Å². The van der Waals surface area contributed by atoms with E-state index in [4.69, 9.17) is 5.73 Å². The van der Waals surface area contributed by atoms with Gasteiger partial charge in [-0.15, -0.1) is 5.10 Å². The van der Waals surface area contributed by atoms with Crippen LogP contribution in [0.25, 0.3) is 0 Å². The molecule has 13 heavy (non-hydrogen) atoms. The van der Waals surface area contributed by atoms with Crippen molar-refractivity contribution in [2.24, 2.45) is 5.92 Å². The molecule has 0 bridgehead atoms. The predicted octanol–water partition coefficient (Wildman–Crippen LogP) is 1.22. The van der Waals surface area contributed by atoms with Crippen molar-refractivity contribution in [3.05, 3.63) is 5.69 Å². The molecule has 1 fully saturated rings. The molecule has 1 saturated carbocycles. The van der Waals surface area contributed by atoms with E-state index >= 15 is 0 Å². The molecule has 0 radical (unpaired) electrons. The first-order valence-corrected chi connectivity index (χ1v) is 4.99. The SMILES string of the molecule is CCc1c(N)nnn1CCC1CC1. The summed E-state index contributed by atoms with van der Waals surface area (Å²) in [5.74, 6) is 1.54. The number of nitrogen functional groups attached to an aromatic ring is 1. The van der Waals surface area contributed by atoms with Gasteiger partial charge < -0.3 is 5.73 Å². The highest BCUT2D eigenvalue weighted by molar-refractivity contribution is 5.32. The smallest absolute Gasteiger partial charge is 0.169 e. The summed E-state index contributed by atoms with van der Waals surface area (Å²) in [6.45, 7) is 3.07. The second kappa shape index (κ2) is 3.36. The van der Waals surface area contributed by atoms with E-state index in [1.54, 1.807) is 0 Å². The molecule has 1 aromatic rings. The lowest BCUT2D eigenvalue weighted by molar-refractivity contribution is 0.515. The second-order valence-electron chi connectivity index (χ2n) is 3.73. The Morgan fingerprint density at radius 3 is 2.92 bits per heavy atom. The Balaban J connectivity index is 2.00. The van der Waals surface area contributed by atoms with Crippen LogP contribution >= 0.6 is 0 Å². The number of rotatable bonds is 4. The minimum Gasteiger partial charge on any atom is -0.381 e. The van der Waals surface area contributed by atoms with Crippen LogP contribution in [0.5, 0.6) is 0 Å². The molecular weight excluding hydrogens is 164 g/mol. The predicted molar refractivity (Wildman–Crippen MR) is 51.2 cm³/mol. The molecule has 0 amide bonds. The van der Waals surface area contributed by atoms with Gasteiger partial charge in [0.15, 0.2) is 5.82 Å². The molecule has 1 aromatic heterocycles. The summed E-state index contributed by atoms with van der Waals surface area (Å²) in [4.78, 5) is 0. The van der Waals surface area contributed by atoms with Crippen LogP contribution in [0.2, 0.25) is 0 Å². The molecule has 0 spiro atoms. The van der Waals surface area contributed by atoms with Crippen molar-refractivity contribution in [1.82, 2.24) is 15.0 Å². The first-order chi connectivity index (χ1) is 6.31. The topological polar surface area (TPSA) is 56.7 Å². The molecule has 1 aliphatic carbocycles. The molecular formula is C9H16N4. The molecule has 1 aliphatic rings. The molecule has 1 heterocycles. The Bertz CT molecular complexity index is 288. The van der Waals surface area contributed by atoms with E-state index in [9.17, 15) is 0 Å². The van der Waals surface area contributed by atoms with Gasteiger partial charge in [0.1, 0.15) is 0 Å². The van der Waals surface area contributed by atoms with Crippen molar-refractivity contribution >= 4 is 5.82 Å². The zero-order valence-electron chi connectivity index (χ0n) is 8.03. The van der Waals surface area contributed by atoms with E-state index in [1.165, 1.54) is 19.3 Å². The fourth-order valence-corrected chi connectivity index (χ4v) is 1.60. The van der Waals surface area contributed by atoms with Crippen LogP contribution < -0.4 is 5.73 Å². The third kappa shape index (κ3) is 1.82. The Kier molecular flexibility index (Phi) is 2.20. The number of aromatic nitrogens is 3. The molecule has 2 N–H and O–H groups in total. The highest BCUT2D eigenvalue weighted by Gasteiger charge is 2.21. The largest absolute Gasteiger partial charge is 0.381 e. The van der Waals surface area contributed by atoms with E-state index in [1.807, 2.05) is 4.68 Å². The molecule has 0 aliphatic heterocycles. The Hall–Kier alpha value is -1.06. The molecule has 0 saturated heterocycles. The molecule has 72 valence electrons. The Labute approximate surface area is 78.1 Å². The van der Waals surface area contributed by atoms with Crippen LogP contribution in [-0.2, 0) is 13.0 Å². The van der Waals surface area contributed by atoms with Crippen LogP contribution in [0.15, 0.2) is 0 Å². The second-order valence-corrected chi connectivity index (χ2v) is 3.73. The zero-order valence-corrected chi connectivity index (χ0v) is 8.03. The quantitative estimate of drug-likeness (QED) is 0.758. The lowest BCUT2D eigenvalue weighted by Gasteiger charge is -2.03. The summed E-state index contributed by atoms with van der Waals surface area (Å²) in [5, 5.41) is 7.90. The van der Waals surface area contributed by atoms with Crippen LogP contribution in [0.3, 0.4) is 0 Å². The van der Waals surface area contributed by atoms with Gasteiger partial charge in [-0.25, -0.2) is 4.68 Å². The summed E-state index contributed by atoms with van der Waals surface area (Å²) in [6, 6.07) is 0. The highest BCUT2D eigenvalue weighted by Crippen LogP contribution is 2.32. The highest BCUT2D eigenvalue weighted by atomic mass is 15.4. The third-order valence-corrected chi connectivity index (χ3v) is 2.65. The van der Waals surface area contributed by atoms with Crippen molar-refractivity contribution in [2.75, 3.05) is 5.73 Å². The van der Waals surface area contributed by atoms with Gasteiger partial charge in [-0.05, 0) is 18.8 Å². The van der Waals surface area contributed by atoms with Gasteiger partial charge in [0.2, 0.25) is 0 Å². The summed E-state index contributed by atoms with van der Waals surface area (Å²) in [7, 11) is 0. The number of nitrogens with zero attached hydrogens (tertiary/aromatic N) is 3. The van der Waals surface area contributed by atoms with Gasteiger partial charge >= 0.3 is 0 Å². The minimum atomic E-state index is 0.596. The van der Waals surface area contributed by atoms with Gasteiger partial charge in [0.25, 0.3) is 0 Å². The number of anilines is 1. The van der Waals surface area contributed by atoms with Crippen LogP contribution in [-0.4, -0.2) is 15.0 Å². The molecule has 4 nitrogen and oxygen atoms in total. The van der Waals surface area contributed by atoms with Crippen molar-refractivity contribution < 1.29 is 0 Å². The Morgan fingerprint density at radius 2 is 2.31 bits per heavy atom. The average Bonchev–Trinajstić information content (AvgIpc) is 2.88. The molecule has 2 rings (SSSR count).